The van der Waals surface area contributed by atoms with Crippen LogP contribution in [0.25, 0.3) is 0 Å². The summed E-state index contributed by atoms with van der Waals surface area (Å²) >= 11 is 0. The first kappa shape index (κ1) is 17.3. The van der Waals surface area contributed by atoms with Gasteiger partial charge in [0.05, 0.1) is 7.11 Å². The van der Waals surface area contributed by atoms with Crippen molar-refractivity contribution in [2.24, 2.45) is 0 Å². The second-order valence-electron chi connectivity index (χ2n) is 5.11. The van der Waals surface area contributed by atoms with E-state index in [1.54, 1.807) is 31.3 Å². The highest BCUT2D eigenvalue weighted by molar-refractivity contribution is 5.93. The summed E-state index contributed by atoms with van der Waals surface area (Å²) in [5.74, 6) is 0.228. The van der Waals surface area contributed by atoms with Crippen molar-refractivity contribution in [3.05, 3.63) is 54.2 Å². The van der Waals surface area contributed by atoms with E-state index in [1.165, 1.54) is 7.11 Å². The molecule has 0 bridgehead atoms. The minimum Gasteiger partial charge on any atom is -0.481 e. The molecular weight excluding hydrogens is 308 g/mol. The van der Waals surface area contributed by atoms with Gasteiger partial charge in [-0.05, 0) is 24.6 Å². The number of pyridine rings is 1. The summed E-state index contributed by atoms with van der Waals surface area (Å²) in [6, 6.07) is 11.4. The number of carbonyl (C=O) groups excluding carboxylic acids is 2. The van der Waals surface area contributed by atoms with Gasteiger partial charge in [0.15, 0.2) is 0 Å². The van der Waals surface area contributed by atoms with Gasteiger partial charge >= 0.3 is 6.03 Å². The first-order valence-corrected chi connectivity index (χ1v) is 7.47. The third kappa shape index (κ3) is 5.28. The predicted molar refractivity (Wildman–Crippen MR) is 90.7 cm³/mol. The molecule has 0 saturated heterocycles. The summed E-state index contributed by atoms with van der Waals surface area (Å²) in [4.78, 5) is 27.9. The van der Waals surface area contributed by atoms with Crippen LogP contribution >= 0.6 is 0 Å². The fourth-order valence-electron chi connectivity index (χ4n) is 1.93. The second-order valence-corrected chi connectivity index (χ2v) is 5.11. The van der Waals surface area contributed by atoms with Crippen molar-refractivity contribution in [3.8, 4) is 5.88 Å². The van der Waals surface area contributed by atoms with Gasteiger partial charge in [-0.25, -0.2) is 9.78 Å². The highest BCUT2D eigenvalue weighted by Gasteiger charge is 2.15. The molecule has 0 unspecified atom stereocenters. The zero-order valence-electron chi connectivity index (χ0n) is 13.6. The van der Waals surface area contributed by atoms with E-state index in [2.05, 4.69) is 20.9 Å². The van der Waals surface area contributed by atoms with E-state index in [1.807, 2.05) is 24.3 Å². The Morgan fingerprint density at radius 2 is 1.92 bits per heavy atom. The van der Waals surface area contributed by atoms with Gasteiger partial charge in [-0.2, -0.15) is 0 Å². The van der Waals surface area contributed by atoms with Gasteiger partial charge in [-0.1, -0.05) is 24.3 Å². The lowest BCUT2D eigenvalue weighted by Gasteiger charge is -2.15. The lowest BCUT2D eigenvalue weighted by Crippen LogP contribution is -2.46. The van der Waals surface area contributed by atoms with E-state index in [0.717, 1.165) is 5.56 Å². The molecule has 2 rings (SSSR count). The molecule has 7 nitrogen and oxygen atoms in total. The Balaban J connectivity index is 1.77. The Kier molecular flexibility index (Phi) is 6.13. The maximum atomic E-state index is 12.0. The molecule has 1 heterocycles. The van der Waals surface area contributed by atoms with Crippen LogP contribution in [0.2, 0.25) is 0 Å². The van der Waals surface area contributed by atoms with E-state index in [0.29, 0.717) is 18.1 Å². The standard InChI is InChI=1S/C17H20N4O3/c1-12(20-17(23)21-14-6-4-3-5-7-14)16(22)19-11-13-8-9-15(24-2)18-10-13/h3-10,12H,11H2,1-2H3,(H,19,22)(H2,20,21,23)/t12-/m1/s1. The van der Waals surface area contributed by atoms with Crippen molar-refractivity contribution < 1.29 is 14.3 Å². The molecule has 0 aliphatic carbocycles. The summed E-state index contributed by atoms with van der Waals surface area (Å²) in [6.07, 6.45) is 1.62. The topological polar surface area (TPSA) is 92.4 Å². The molecular formula is C17H20N4O3. The van der Waals surface area contributed by atoms with Gasteiger partial charge < -0.3 is 20.7 Å². The van der Waals surface area contributed by atoms with Crippen molar-refractivity contribution in [1.29, 1.82) is 0 Å². The molecule has 0 spiro atoms. The fourth-order valence-corrected chi connectivity index (χ4v) is 1.93. The average Bonchev–Trinajstić information content (AvgIpc) is 2.60. The van der Waals surface area contributed by atoms with Crippen molar-refractivity contribution in [2.75, 3.05) is 12.4 Å². The summed E-state index contributed by atoms with van der Waals surface area (Å²) in [6.45, 7) is 1.94. The number of methoxy groups -OCH3 is 1. The maximum Gasteiger partial charge on any atom is 0.319 e. The zero-order valence-corrected chi connectivity index (χ0v) is 13.6. The number of nitrogens with zero attached hydrogens (tertiary/aromatic N) is 1. The number of hydrogen-bond acceptors (Lipinski definition) is 4. The first-order chi connectivity index (χ1) is 11.6. The summed E-state index contributed by atoms with van der Waals surface area (Å²) in [5.41, 5.74) is 1.50. The largest absolute Gasteiger partial charge is 0.481 e. The molecule has 1 aromatic heterocycles. The molecule has 0 fully saturated rings. The highest BCUT2D eigenvalue weighted by Crippen LogP contribution is 2.06. The Bertz CT molecular complexity index is 674. The number of benzene rings is 1. The molecule has 0 aliphatic heterocycles. The van der Waals surface area contributed by atoms with Crippen LogP contribution in [0.4, 0.5) is 10.5 Å². The lowest BCUT2D eigenvalue weighted by molar-refractivity contribution is -0.122. The van der Waals surface area contributed by atoms with Gasteiger partial charge in [0, 0.05) is 24.5 Å². The maximum absolute atomic E-state index is 12.0. The monoisotopic (exact) mass is 328 g/mol. The summed E-state index contributed by atoms with van der Waals surface area (Å²) in [5, 5.41) is 7.99. The Morgan fingerprint density at radius 1 is 1.17 bits per heavy atom. The third-order valence-electron chi connectivity index (χ3n) is 3.25. The zero-order chi connectivity index (χ0) is 17.4. The van der Waals surface area contributed by atoms with E-state index in [9.17, 15) is 9.59 Å². The molecule has 126 valence electrons. The van der Waals surface area contributed by atoms with Gasteiger partial charge in [-0.15, -0.1) is 0 Å². The third-order valence-corrected chi connectivity index (χ3v) is 3.25. The van der Waals surface area contributed by atoms with Crippen LogP contribution in [0, 0.1) is 0 Å². The van der Waals surface area contributed by atoms with Gasteiger partial charge in [0.2, 0.25) is 11.8 Å². The second kappa shape index (κ2) is 8.52. The number of carbonyl (C=O) groups is 2. The molecule has 7 heteroatoms. The molecule has 24 heavy (non-hydrogen) atoms. The summed E-state index contributed by atoms with van der Waals surface area (Å²) in [7, 11) is 1.54. The van der Waals surface area contributed by atoms with Crippen LogP contribution in [0.1, 0.15) is 12.5 Å². The number of hydrogen-bond donors (Lipinski definition) is 3. The van der Waals surface area contributed by atoms with Crippen molar-refractivity contribution >= 4 is 17.6 Å². The number of nitrogens with one attached hydrogen (secondary N) is 3. The van der Waals surface area contributed by atoms with Crippen molar-refractivity contribution in [2.45, 2.75) is 19.5 Å². The number of ether oxygens (including phenoxy) is 1. The van der Waals surface area contributed by atoms with E-state index in [4.69, 9.17) is 4.74 Å². The number of urea groups is 1. The lowest BCUT2D eigenvalue weighted by atomic mass is 10.2. The quantitative estimate of drug-likeness (QED) is 0.755. The Labute approximate surface area is 140 Å². The number of aromatic nitrogens is 1. The number of amides is 3. The molecule has 2 aromatic rings. The van der Waals surface area contributed by atoms with Crippen LogP contribution in [-0.4, -0.2) is 30.1 Å². The minimum atomic E-state index is -0.667. The van der Waals surface area contributed by atoms with E-state index in [-0.39, 0.29) is 5.91 Å². The Hall–Kier alpha value is -3.09. The molecule has 0 aliphatic rings. The Morgan fingerprint density at radius 3 is 2.54 bits per heavy atom. The molecule has 0 saturated carbocycles. The number of rotatable bonds is 6. The predicted octanol–water partition coefficient (Wildman–Crippen LogP) is 1.92. The molecule has 1 atom stereocenters. The fraction of sp³-hybridized carbons (Fsp3) is 0.235. The van der Waals surface area contributed by atoms with Gasteiger partial charge in [0.25, 0.3) is 0 Å². The minimum absolute atomic E-state index is 0.283. The molecule has 3 N–H and O–H groups in total. The van der Waals surface area contributed by atoms with E-state index >= 15 is 0 Å². The van der Waals surface area contributed by atoms with Crippen LogP contribution < -0.4 is 20.7 Å². The van der Waals surface area contributed by atoms with Crippen molar-refractivity contribution in [1.82, 2.24) is 15.6 Å². The number of para-hydroxylation sites is 1. The SMILES string of the molecule is COc1ccc(CNC(=O)[C@@H](C)NC(=O)Nc2ccccc2)cn1. The van der Waals surface area contributed by atoms with Gasteiger partial charge in [-0.3, -0.25) is 4.79 Å². The first-order valence-electron chi connectivity index (χ1n) is 7.47. The molecule has 3 amide bonds. The smallest absolute Gasteiger partial charge is 0.319 e. The van der Waals surface area contributed by atoms with E-state index < -0.39 is 12.1 Å². The number of anilines is 1. The highest BCUT2D eigenvalue weighted by atomic mass is 16.5. The normalized spacial score (nSPS) is 11.2. The molecule has 1 aromatic carbocycles. The van der Waals surface area contributed by atoms with Crippen LogP contribution in [0.3, 0.4) is 0 Å². The van der Waals surface area contributed by atoms with Crippen molar-refractivity contribution in [3.63, 3.8) is 0 Å². The van der Waals surface area contributed by atoms with Crippen LogP contribution in [0.5, 0.6) is 5.88 Å². The van der Waals surface area contributed by atoms with Crippen LogP contribution in [0.15, 0.2) is 48.7 Å². The summed E-state index contributed by atoms with van der Waals surface area (Å²) < 4.78 is 4.97. The molecule has 0 radical (unpaired) electrons. The average molecular weight is 328 g/mol. The van der Waals surface area contributed by atoms with Gasteiger partial charge in [0.1, 0.15) is 6.04 Å². The van der Waals surface area contributed by atoms with Crippen LogP contribution in [-0.2, 0) is 11.3 Å².